The molecule has 0 saturated heterocycles. The molecule has 0 aliphatic heterocycles. The maximum absolute atomic E-state index is 12.7. The zero-order chi connectivity index (χ0) is 31.5. The third-order valence-electron chi connectivity index (χ3n) is 8.75. The lowest BCUT2D eigenvalue weighted by Gasteiger charge is -2.23. The number of rotatable bonds is 30. The summed E-state index contributed by atoms with van der Waals surface area (Å²) in [4.78, 5) is 25.2. The molecule has 1 atom stereocenters. The van der Waals surface area contributed by atoms with Crippen LogP contribution >= 0.6 is 11.8 Å². The second kappa shape index (κ2) is 26.8. The van der Waals surface area contributed by atoms with Gasteiger partial charge in [0, 0.05) is 11.2 Å². The molecular weight excluding hydrogens is 540 g/mol. The van der Waals surface area contributed by atoms with E-state index >= 15 is 0 Å². The smallest absolute Gasteiger partial charge is 0.311 e. The lowest BCUT2D eigenvalue weighted by molar-refractivity contribution is -0.154. The Kier molecular flexibility index (Phi) is 26.5. The van der Waals surface area contributed by atoms with E-state index in [4.69, 9.17) is 4.74 Å². The molecule has 0 heterocycles. The molecular formula is C37H72O4S. The molecule has 1 unspecified atom stereocenters. The van der Waals surface area contributed by atoms with Crippen LogP contribution in [-0.2, 0) is 14.3 Å². The summed E-state index contributed by atoms with van der Waals surface area (Å²) in [5.41, 5.74) is -0.681. The largest absolute Gasteiger partial charge is 0.465 e. The van der Waals surface area contributed by atoms with Gasteiger partial charge in [-0.15, -0.1) is 0 Å². The monoisotopic (exact) mass is 613 g/mol. The average Bonchev–Trinajstić information content (AvgIpc) is 2.95. The number of carbonyl (C=O) groups excluding carboxylic acids is 2. The van der Waals surface area contributed by atoms with E-state index in [1.165, 1.54) is 82.4 Å². The number of ether oxygens (including phenoxy) is 1. The molecule has 250 valence electrons. The van der Waals surface area contributed by atoms with Crippen molar-refractivity contribution in [3.63, 3.8) is 0 Å². The standard InChI is InChI=1S/C37H72O4S/c1-7-9-11-13-15-17-25-31-41-34(39)36(3,4)29-23-19-21-27-33(38)28-22-20-24-30-37(5,6)35(40)42-32-26-18-16-14-12-10-8-2/h33,38H,7-32H2,1-6H3. The molecule has 5 heteroatoms. The Labute approximate surface area is 266 Å². The van der Waals surface area contributed by atoms with Crippen molar-refractivity contribution in [3.8, 4) is 0 Å². The molecule has 1 N–H and O–H groups in total. The number of hydrogen-bond donors (Lipinski definition) is 1. The summed E-state index contributed by atoms with van der Waals surface area (Å²) in [7, 11) is 0. The summed E-state index contributed by atoms with van der Waals surface area (Å²) in [6, 6.07) is 0. The van der Waals surface area contributed by atoms with E-state index < -0.39 is 5.41 Å². The average molecular weight is 613 g/mol. The van der Waals surface area contributed by atoms with Crippen LogP contribution in [0.2, 0.25) is 0 Å². The van der Waals surface area contributed by atoms with E-state index in [0.29, 0.717) is 11.7 Å². The van der Waals surface area contributed by atoms with Crippen molar-refractivity contribution in [2.24, 2.45) is 10.8 Å². The lowest BCUT2D eigenvalue weighted by Crippen LogP contribution is -2.27. The number of carbonyl (C=O) groups is 2. The zero-order valence-corrected chi connectivity index (χ0v) is 29.9. The van der Waals surface area contributed by atoms with Crippen LogP contribution in [-0.4, -0.2) is 34.7 Å². The first-order valence-corrected chi connectivity index (χ1v) is 19.1. The molecule has 0 bridgehead atoms. The van der Waals surface area contributed by atoms with Crippen LogP contribution in [0.15, 0.2) is 0 Å². The molecule has 0 radical (unpaired) electrons. The number of hydrogen-bond acceptors (Lipinski definition) is 5. The van der Waals surface area contributed by atoms with Gasteiger partial charge in [-0.05, 0) is 52.4 Å². The molecule has 0 aromatic rings. The molecule has 0 aromatic heterocycles. The molecule has 0 saturated carbocycles. The van der Waals surface area contributed by atoms with Gasteiger partial charge in [0.05, 0.1) is 18.1 Å². The quantitative estimate of drug-likeness (QED) is 0.0645. The Hall–Kier alpha value is -0.550. The van der Waals surface area contributed by atoms with E-state index in [2.05, 4.69) is 27.7 Å². The van der Waals surface area contributed by atoms with Gasteiger partial charge in [-0.3, -0.25) is 9.59 Å². The fraction of sp³-hybridized carbons (Fsp3) is 0.946. The third kappa shape index (κ3) is 23.9. The minimum absolute atomic E-state index is 0.0647. The molecule has 0 spiro atoms. The van der Waals surface area contributed by atoms with Crippen LogP contribution in [0.5, 0.6) is 0 Å². The Balaban J connectivity index is 3.79. The highest BCUT2D eigenvalue weighted by molar-refractivity contribution is 8.13. The Bertz CT molecular complexity index is 592. The molecule has 0 aromatic carbocycles. The summed E-state index contributed by atoms with van der Waals surface area (Å²) in [5.74, 6) is 0.897. The number of thioether (sulfide) groups is 1. The molecule has 0 fully saturated rings. The fourth-order valence-electron chi connectivity index (χ4n) is 5.43. The molecule has 4 nitrogen and oxygen atoms in total. The maximum atomic E-state index is 12.7. The summed E-state index contributed by atoms with van der Waals surface area (Å²) in [6.07, 6.45) is 27.0. The zero-order valence-electron chi connectivity index (χ0n) is 29.0. The van der Waals surface area contributed by atoms with Crippen LogP contribution in [0.25, 0.3) is 0 Å². The third-order valence-corrected chi connectivity index (χ3v) is 10.1. The minimum atomic E-state index is -0.429. The predicted molar refractivity (Wildman–Crippen MR) is 184 cm³/mol. The summed E-state index contributed by atoms with van der Waals surface area (Å²) >= 11 is 1.54. The first-order chi connectivity index (χ1) is 20.1. The van der Waals surface area contributed by atoms with Gasteiger partial charge in [-0.2, -0.15) is 0 Å². The van der Waals surface area contributed by atoms with Gasteiger partial charge in [0.2, 0.25) is 0 Å². The molecule has 0 aliphatic rings. The van der Waals surface area contributed by atoms with Gasteiger partial charge in [0.15, 0.2) is 5.12 Å². The first kappa shape index (κ1) is 41.4. The Morgan fingerprint density at radius 2 is 1.02 bits per heavy atom. The van der Waals surface area contributed by atoms with Crippen molar-refractivity contribution in [1.82, 2.24) is 0 Å². The van der Waals surface area contributed by atoms with E-state index in [0.717, 1.165) is 89.2 Å². The first-order valence-electron chi connectivity index (χ1n) is 18.1. The topological polar surface area (TPSA) is 63.6 Å². The highest BCUT2D eigenvalue weighted by Crippen LogP contribution is 2.31. The maximum Gasteiger partial charge on any atom is 0.311 e. The summed E-state index contributed by atoms with van der Waals surface area (Å²) in [5, 5.41) is 10.8. The number of esters is 1. The van der Waals surface area contributed by atoms with Gasteiger partial charge < -0.3 is 9.84 Å². The van der Waals surface area contributed by atoms with E-state index in [-0.39, 0.29) is 17.5 Å². The highest BCUT2D eigenvalue weighted by Gasteiger charge is 2.29. The normalized spacial score (nSPS) is 12.9. The summed E-state index contributed by atoms with van der Waals surface area (Å²) in [6.45, 7) is 13.2. The minimum Gasteiger partial charge on any atom is -0.465 e. The molecule has 42 heavy (non-hydrogen) atoms. The molecule has 0 amide bonds. The van der Waals surface area contributed by atoms with Crippen LogP contribution < -0.4 is 0 Å². The second-order valence-electron chi connectivity index (χ2n) is 14.1. The van der Waals surface area contributed by atoms with Crippen molar-refractivity contribution in [2.75, 3.05) is 12.4 Å². The van der Waals surface area contributed by atoms with E-state index in [1.807, 2.05) is 13.8 Å². The lowest BCUT2D eigenvalue weighted by atomic mass is 9.86. The van der Waals surface area contributed by atoms with Crippen LogP contribution in [0.3, 0.4) is 0 Å². The van der Waals surface area contributed by atoms with Gasteiger partial charge >= 0.3 is 5.97 Å². The van der Waals surface area contributed by atoms with E-state index in [9.17, 15) is 14.7 Å². The van der Waals surface area contributed by atoms with Crippen molar-refractivity contribution >= 4 is 22.8 Å². The number of aliphatic hydroxyl groups is 1. The van der Waals surface area contributed by atoms with Gasteiger partial charge in [0.25, 0.3) is 0 Å². The fourth-order valence-corrected chi connectivity index (χ4v) is 6.46. The SMILES string of the molecule is CCCCCCCCCOC(=O)C(C)(C)CCCCCC(O)CCCCCC(C)(C)C(=O)SCCCCCCCCC. The van der Waals surface area contributed by atoms with Crippen molar-refractivity contribution in [1.29, 1.82) is 0 Å². The number of unbranched alkanes of at least 4 members (excludes halogenated alkanes) is 16. The predicted octanol–water partition coefficient (Wildman–Crippen LogP) is 11.6. The summed E-state index contributed by atoms with van der Waals surface area (Å²) < 4.78 is 5.57. The van der Waals surface area contributed by atoms with E-state index in [1.54, 1.807) is 0 Å². The molecule has 0 aliphatic carbocycles. The van der Waals surface area contributed by atoms with Crippen molar-refractivity contribution in [3.05, 3.63) is 0 Å². The second-order valence-corrected chi connectivity index (χ2v) is 15.2. The van der Waals surface area contributed by atoms with Crippen molar-refractivity contribution in [2.45, 2.75) is 202 Å². The van der Waals surface area contributed by atoms with Gasteiger partial charge in [-0.25, -0.2) is 0 Å². The van der Waals surface area contributed by atoms with Crippen LogP contribution in [0.1, 0.15) is 196 Å². The number of aliphatic hydroxyl groups excluding tert-OH is 1. The highest BCUT2D eigenvalue weighted by atomic mass is 32.2. The Morgan fingerprint density at radius 3 is 1.55 bits per heavy atom. The Morgan fingerprint density at radius 1 is 0.595 bits per heavy atom. The molecule has 0 rings (SSSR count). The van der Waals surface area contributed by atoms with Gasteiger partial charge in [0.1, 0.15) is 0 Å². The van der Waals surface area contributed by atoms with Crippen LogP contribution in [0.4, 0.5) is 0 Å². The van der Waals surface area contributed by atoms with Crippen LogP contribution in [0, 0.1) is 10.8 Å². The van der Waals surface area contributed by atoms with Crippen molar-refractivity contribution < 1.29 is 19.4 Å². The van der Waals surface area contributed by atoms with Gasteiger partial charge in [-0.1, -0.05) is 155 Å².